The van der Waals surface area contributed by atoms with Gasteiger partial charge in [-0.25, -0.2) is 0 Å². The van der Waals surface area contributed by atoms with Crippen LogP contribution in [0, 0.1) is 0 Å². The molecular formula is C10H10CoF6P. The molecule has 0 spiro atoms. The summed E-state index contributed by atoms with van der Waals surface area (Å²) in [6.45, 7) is 0. The second-order valence-corrected chi connectivity index (χ2v) is 7.09. The van der Waals surface area contributed by atoms with E-state index in [1.54, 1.807) is 0 Å². The van der Waals surface area contributed by atoms with Crippen LogP contribution in [0.5, 0.6) is 0 Å². The molecule has 0 saturated carbocycles. The van der Waals surface area contributed by atoms with Gasteiger partial charge in [0, 0.05) is 0 Å². The van der Waals surface area contributed by atoms with Crippen molar-refractivity contribution in [2.45, 2.75) is 9.70 Å². The topological polar surface area (TPSA) is 0 Å². The Bertz CT molecular complexity index is 355. The normalized spacial score (nSPS) is 23.0. The molecule has 0 unspecified atom stereocenters. The summed E-state index contributed by atoms with van der Waals surface area (Å²) in [5, 5.41) is 0. The van der Waals surface area contributed by atoms with E-state index in [9.17, 15) is 25.2 Å². The maximum atomic E-state index is 9.87. The summed E-state index contributed by atoms with van der Waals surface area (Å²) in [5.41, 5.74) is 0. The van der Waals surface area contributed by atoms with Crippen LogP contribution in [0.25, 0.3) is 0 Å². The standard InChI is InChI=1S/2C5H5.Co.F6P/c2*1-2-4-5-3-1;;1-7(2,3,4,5)6/h2*1-5H;;/q;;+1;-1. The van der Waals surface area contributed by atoms with Gasteiger partial charge in [0.25, 0.3) is 0 Å². The van der Waals surface area contributed by atoms with Crippen molar-refractivity contribution in [3.8, 4) is 0 Å². The van der Waals surface area contributed by atoms with Crippen LogP contribution in [-0.4, -0.2) is 0 Å². The number of hydrogen-bond donors (Lipinski definition) is 0. The molecule has 0 aromatic heterocycles. The van der Waals surface area contributed by atoms with Gasteiger partial charge in [-0.05, 0) is 0 Å². The Morgan fingerprint density at radius 2 is 0.833 bits per heavy atom. The van der Waals surface area contributed by atoms with E-state index in [2.05, 4.69) is 48.6 Å². The fourth-order valence-corrected chi connectivity index (χ4v) is 2.47. The summed E-state index contributed by atoms with van der Waals surface area (Å²) < 4.78 is 59.2. The predicted molar refractivity (Wildman–Crippen MR) is 57.6 cm³/mol. The zero-order valence-electron chi connectivity index (χ0n) is 8.82. The zero-order chi connectivity index (χ0) is 13.9. The van der Waals surface area contributed by atoms with Crippen LogP contribution in [0.15, 0.2) is 48.6 Å². The van der Waals surface area contributed by atoms with E-state index >= 15 is 0 Å². The fourth-order valence-electron chi connectivity index (χ4n) is 1.09. The van der Waals surface area contributed by atoms with Crippen molar-refractivity contribution in [2.75, 3.05) is 0 Å². The number of allylic oxidation sites excluding steroid dienone is 8. The molecule has 18 heavy (non-hydrogen) atoms. The summed E-state index contributed by atoms with van der Waals surface area (Å²) in [7, 11) is -10.7. The molecule has 0 amide bonds. The molecule has 0 nitrogen and oxygen atoms in total. The van der Waals surface area contributed by atoms with Crippen LogP contribution in [0.3, 0.4) is 0 Å². The van der Waals surface area contributed by atoms with E-state index in [4.69, 9.17) is 0 Å². The van der Waals surface area contributed by atoms with Gasteiger partial charge in [0.05, 0.1) is 0 Å². The molecule has 106 valence electrons. The van der Waals surface area contributed by atoms with Crippen molar-refractivity contribution in [1.29, 1.82) is 0 Å². The van der Waals surface area contributed by atoms with Crippen LogP contribution in [0.4, 0.5) is 25.2 Å². The Labute approximate surface area is 106 Å². The van der Waals surface area contributed by atoms with Crippen molar-refractivity contribution in [3.05, 3.63) is 48.6 Å². The van der Waals surface area contributed by atoms with E-state index in [-0.39, 0.29) is 0 Å². The number of hydrogen-bond acceptors (Lipinski definition) is 0. The summed E-state index contributed by atoms with van der Waals surface area (Å²) in [4.78, 5) is 1.28. The minimum absolute atomic E-state index is 0.642. The molecule has 0 radical (unpaired) electrons. The molecule has 8 heteroatoms. The fraction of sp³-hybridized carbons (Fsp3) is 0.200. The van der Waals surface area contributed by atoms with E-state index in [0.717, 1.165) is 0 Å². The first-order valence-electron chi connectivity index (χ1n) is 4.73. The van der Waals surface area contributed by atoms with Crippen LogP contribution in [0.2, 0.25) is 9.70 Å². The van der Waals surface area contributed by atoms with Crippen LogP contribution in [-0.2, 0) is 14.7 Å². The van der Waals surface area contributed by atoms with Gasteiger partial charge in [-0.15, -0.1) is 0 Å². The van der Waals surface area contributed by atoms with E-state index in [0.29, 0.717) is 9.70 Å². The van der Waals surface area contributed by atoms with Gasteiger partial charge in [0.1, 0.15) is 0 Å². The average molecular weight is 334 g/mol. The SMILES string of the molecule is C1=C[CH]([Co+][CH]2C=CC=C2)C=C1.F[P-](F)(F)(F)(F)F. The average Bonchev–Trinajstić information content (AvgIpc) is 2.71. The quantitative estimate of drug-likeness (QED) is 0.412. The molecule has 0 fully saturated rings. The van der Waals surface area contributed by atoms with Crippen molar-refractivity contribution in [3.63, 3.8) is 0 Å². The Kier molecular flexibility index (Phi) is 3.92. The van der Waals surface area contributed by atoms with Crippen molar-refractivity contribution in [2.24, 2.45) is 0 Å². The predicted octanol–water partition coefficient (Wildman–Crippen LogP) is 6.28. The van der Waals surface area contributed by atoms with Crippen LogP contribution < -0.4 is 0 Å². The van der Waals surface area contributed by atoms with E-state index in [1.165, 1.54) is 14.7 Å². The molecule has 0 aromatic rings. The molecule has 0 N–H and O–H groups in total. The Morgan fingerprint density at radius 1 is 0.611 bits per heavy atom. The molecule has 2 aliphatic rings. The molecular weight excluding hydrogens is 324 g/mol. The summed E-state index contributed by atoms with van der Waals surface area (Å²) >= 11 is 1.51. The summed E-state index contributed by atoms with van der Waals surface area (Å²) in [6, 6.07) is 0. The molecule has 2 aliphatic carbocycles. The number of halogens is 6. The Morgan fingerprint density at radius 3 is 1.06 bits per heavy atom. The Balaban J connectivity index is 0.000000203. The van der Waals surface area contributed by atoms with Crippen molar-refractivity contribution < 1.29 is 39.9 Å². The third-order valence-electron chi connectivity index (χ3n) is 1.62. The van der Waals surface area contributed by atoms with Gasteiger partial charge in [-0.3, -0.25) is 0 Å². The second-order valence-electron chi connectivity index (χ2n) is 3.44. The summed E-state index contributed by atoms with van der Waals surface area (Å²) in [5.74, 6) is 0. The molecule has 0 saturated heterocycles. The summed E-state index contributed by atoms with van der Waals surface area (Å²) in [6.07, 6.45) is 17.5. The molecule has 0 bridgehead atoms. The molecule has 0 aromatic carbocycles. The maximum absolute atomic E-state index is 10.7. The molecule has 0 aliphatic heterocycles. The van der Waals surface area contributed by atoms with Gasteiger partial charge < -0.3 is 0 Å². The molecule has 2 rings (SSSR count). The number of rotatable bonds is 2. The first-order chi connectivity index (χ1) is 7.90. The second kappa shape index (κ2) is 4.54. The molecule has 0 atom stereocenters. The molecule has 0 heterocycles. The van der Waals surface area contributed by atoms with Gasteiger partial charge in [-0.2, -0.15) is 0 Å². The van der Waals surface area contributed by atoms with E-state index < -0.39 is 7.81 Å². The first kappa shape index (κ1) is 15.5. The third kappa shape index (κ3) is 10.6. The van der Waals surface area contributed by atoms with Crippen LogP contribution >= 0.6 is 7.81 Å². The van der Waals surface area contributed by atoms with Crippen molar-refractivity contribution in [1.82, 2.24) is 0 Å². The van der Waals surface area contributed by atoms with Gasteiger partial charge in [0.2, 0.25) is 0 Å². The van der Waals surface area contributed by atoms with Crippen LogP contribution in [0.1, 0.15) is 0 Å². The van der Waals surface area contributed by atoms with Gasteiger partial charge in [-0.1, -0.05) is 0 Å². The monoisotopic (exact) mass is 334 g/mol. The Hall–Kier alpha value is -0.524. The van der Waals surface area contributed by atoms with Crippen molar-refractivity contribution >= 4 is 7.81 Å². The first-order valence-corrected chi connectivity index (χ1v) is 7.96. The minimum atomic E-state index is -10.7. The van der Waals surface area contributed by atoms with Gasteiger partial charge >= 0.3 is 106 Å². The zero-order valence-corrected chi connectivity index (χ0v) is 10.8. The van der Waals surface area contributed by atoms with E-state index in [1.807, 2.05) is 0 Å². The van der Waals surface area contributed by atoms with Gasteiger partial charge in [0.15, 0.2) is 0 Å². The third-order valence-corrected chi connectivity index (χ3v) is 3.23.